The highest BCUT2D eigenvalue weighted by molar-refractivity contribution is 5.88. The molecule has 2 N–H and O–H groups in total. The number of hydrogen-bond donors (Lipinski definition) is 2. The van der Waals surface area contributed by atoms with E-state index in [9.17, 15) is 15.0 Å². The van der Waals surface area contributed by atoms with Crippen molar-refractivity contribution >= 4 is 5.78 Å². The van der Waals surface area contributed by atoms with Crippen LogP contribution in [0.3, 0.4) is 0 Å². The molecule has 5 nitrogen and oxygen atoms in total. The SMILES string of the molecule is C=CC[N+]1(C)CC(C)C23C4=C(CO)CC1C2(O)CCC(=O)C3OC4=CCCC. The van der Waals surface area contributed by atoms with Crippen molar-refractivity contribution in [3.63, 3.8) is 0 Å². The molecular formula is C23H34NO4+. The van der Waals surface area contributed by atoms with Gasteiger partial charge in [-0.1, -0.05) is 26.8 Å². The Labute approximate surface area is 168 Å². The van der Waals surface area contributed by atoms with Gasteiger partial charge in [-0.15, -0.1) is 0 Å². The van der Waals surface area contributed by atoms with Crippen LogP contribution in [0.1, 0.15) is 46.0 Å². The minimum Gasteiger partial charge on any atom is -0.482 e. The van der Waals surface area contributed by atoms with E-state index < -0.39 is 17.1 Å². The van der Waals surface area contributed by atoms with E-state index in [1.165, 1.54) is 0 Å². The summed E-state index contributed by atoms with van der Waals surface area (Å²) in [5.41, 5.74) is 0.116. The molecule has 0 amide bonds. The second-order valence-corrected chi connectivity index (χ2v) is 9.51. The molecule has 154 valence electrons. The number of carbonyl (C=O) groups is 1. The van der Waals surface area contributed by atoms with E-state index in [4.69, 9.17) is 4.74 Å². The van der Waals surface area contributed by atoms with Crippen LogP contribution in [-0.4, -0.2) is 65.0 Å². The van der Waals surface area contributed by atoms with Crippen molar-refractivity contribution in [1.82, 2.24) is 0 Å². The summed E-state index contributed by atoms with van der Waals surface area (Å²) in [6.45, 7) is 9.77. The number of quaternary nitrogens is 1. The zero-order valence-electron chi connectivity index (χ0n) is 17.4. The Hall–Kier alpha value is -1.43. The number of likely N-dealkylation sites (tertiary alicyclic amines) is 1. The number of piperidine rings is 1. The van der Waals surface area contributed by atoms with Gasteiger partial charge in [0.15, 0.2) is 11.9 Å². The molecule has 0 aromatic heterocycles. The van der Waals surface area contributed by atoms with E-state index in [1.54, 1.807) is 0 Å². The van der Waals surface area contributed by atoms with Gasteiger partial charge < -0.3 is 19.4 Å². The molecular weight excluding hydrogens is 354 g/mol. The number of unbranched alkanes of at least 4 members (excludes halogenated alkanes) is 1. The molecule has 2 bridgehead atoms. The van der Waals surface area contributed by atoms with Gasteiger partial charge in [0.1, 0.15) is 17.4 Å². The lowest BCUT2D eigenvalue weighted by Gasteiger charge is -2.66. The first kappa shape index (κ1) is 19.9. The predicted octanol–water partition coefficient (Wildman–Crippen LogP) is 2.49. The molecule has 0 aromatic rings. The fourth-order valence-electron chi connectivity index (χ4n) is 7.07. The molecule has 4 rings (SSSR count). The maximum atomic E-state index is 13.0. The fraction of sp³-hybridized carbons (Fsp3) is 0.696. The summed E-state index contributed by atoms with van der Waals surface area (Å²) in [6, 6.07) is -0.0719. The third-order valence-corrected chi connectivity index (χ3v) is 8.00. The number of ketones is 1. The number of hydrogen-bond acceptors (Lipinski definition) is 4. The Kier molecular flexibility index (Phi) is 4.64. The summed E-state index contributed by atoms with van der Waals surface area (Å²) in [7, 11) is 2.18. The lowest BCUT2D eigenvalue weighted by Crippen LogP contribution is -2.80. The van der Waals surface area contributed by atoms with Gasteiger partial charge in [-0.25, -0.2) is 0 Å². The number of rotatable bonds is 5. The summed E-state index contributed by atoms with van der Waals surface area (Å²) in [4.78, 5) is 13.0. The molecule has 0 aromatic carbocycles. The van der Waals surface area contributed by atoms with Crippen LogP contribution in [-0.2, 0) is 9.53 Å². The van der Waals surface area contributed by atoms with Crippen LogP contribution in [0.2, 0.25) is 0 Å². The molecule has 2 heterocycles. The summed E-state index contributed by atoms with van der Waals surface area (Å²) in [5, 5.41) is 22.6. The summed E-state index contributed by atoms with van der Waals surface area (Å²) < 4.78 is 7.01. The van der Waals surface area contributed by atoms with E-state index in [0.717, 1.165) is 42.8 Å². The second kappa shape index (κ2) is 6.54. The lowest BCUT2D eigenvalue weighted by atomic mass is 9.45. The van der Waals surface area contributed by atoms with E-state index >= 15 is 0 Å². The molecule has 1 saturated carbocycles. The highest BCUT2D eigenvalue weighted by atomic mass is 16.5. The first-order valence-electron chi connectivity index (χ1n) is 10.7. The first-order chi connectivity index (χ1) is 13.3. The molecule has 2 aliphatic carbocycles. The van der Waals surface area contributed by atoms with E-state index in [0.29, 0.717) is 23.7 Å². The minimum atomic E-state index is -1.02. The average molecular weight is 389 g/mol. The smallest absolute Gasteiger partial charge is 0.174 e. The van der Waals surface area contributed by atoms with Gasteiger partial charge in [0.2, 0.25) is 0 Å². The van der Waals surface area contributed by atoms with Gasteiger partial charge in [-0.05, 0) is 30.6 Å². The molecule has 6 atom stereocenters. The van der Waals surface area contributed by atoms with E-state index in [1.807, 2.05) is 6.08 Å². The van der Waals surface area contributed by atoms with Gasteiger partial charge >= 0.3 is 0 Å². The third kappa shape index (κ3) is 2.21. The quantitative estimate of drug-likeness (QED) is 0.561. The highest BCUT2D eigenvalue weighted by Gasteiger charge is 2.79. The Morgan fingerprint density at radius 2 is 2.18 bits per heavy atom. The van der Waals surface area contributed by atoms with Gasteiger partial charge in [0, 0.05) is 24.3 Å². The molecule has 4 aliphatic rings. The Morgan fingerprint density at radius 3 is 2.82 bits per heavy atom. The maximum absolute atomic E-state index is 13.0. The van der Waals surface area contributed by atoms with Crippen molar-refractivity contribution in [2.45, 2.75) is 63.7 Å². The van der Waals surface area contributed by atoms with E-state index in [-0.39, 0.29) is 24.3 Å². The number of ether oxygens (including phenoxy) is 1. The average Bonchev–Trinajstić information content (AvgIpc) is 3.00. The number of allylic oxidation sites excluding steroid dienone is 2. The number of nitrogens with zero attached hydrogens (tertiary/aromatic N) is 1. The van der Waals surface area contributed by atoms with E-state index in [2.05, 4.69) is 33.6 Å². The largest absolute Gasteiger partial charge is 0.482 e. The second-order valence-electron chi connectivity index (χ2n) is 9.51. The number of aliphatic hydroxyl groups excluding tert-OH is 1. The van der Waals surface area contributed by atoms with Crippen molar-refractivity contribution < 1.29 is 24.2 Å². The summed E-state index contributed by atoms with van der Waals surface area (Å²) >= 11 is 0. The van der Waals surface area contributed by atoms with Crippen LogP contribution in [0.15, 0.2) is 35.6 Å². The zero-order chi connectivity index (χ0) is 20.3. The molecule has 28 heavy (non-hydrogen) atoms. The Balaban J connectivity index is 2.00. The third-order valence-electron chi connectivity index (χ3n) is 8.00. The highest BCUT2D eigenvalue weighted by Crippen LogP contribution is 2.68. The standard InChI is InChI=1S/C23H34NO4/c1-5-7-8-18-20-16(14-25)12-19-22(27)10-9-17(26)21(28-18)23(20,22)15(3)13-24(19,4)11-6-2/h6,8,15,19,21,25,27H,2,5,7,9-14H2,1,3-4H3/q+1. The zero-order valence-corrected chi connectivity index (χ0v) is 17.4. The van der Waals surface area contributed by atoms with Crippen LogP contribution in [0.4, 0.5) is 0 Å². The van der Waals surface area contributed by atoms with Crippen molar-refractivity contribution in [3.05, 3.63) is 35.6 Å². The Morgan fingerprint density at radius 1 is 1.43 bits per heavy atom. The van der Waals surface area contributed by atoms with Crippen LogP contribution < -0.4 is 0 Å². The van der Waals surface area contributed by atoms with Gasteiger partial charge in [-0.2, -0.15) is 0 Å². The summed E-state index contributed by atoms with van der Waals surface area (Å²) in [5.74, 6) is 0.874. The molecule has 2 saturated heterocycles. The van der Waals surface area contributed by atoms with Crippen molar-refractivity contribution in [1.29, 1.82) is 0 Å². The number of Topliss-reactive ketones (excluding diaryl/α,β-unsaturated/α-hetero) is 1. The van der Waals surface area contributed by atoms with Crippen LogP contribution >= 0.6 is 0 Å². The van der Waals surface area contributed by atoms with Gasteiger partial charge in [0.05, 0.1) is 32.2 Å². The molecule has 6 unspecified atom stereocenters. The molecule has 2 aliphatic heterocycles. The topological polar surface area (TPSA) is 66.8 Å². The minimum absolute atomic E-state index is 0.0531. The number of likely N-dealkylation sites (N-methyl/N-ethyl adjacent to an activating group) is 1. The number of carbonyl (C=O) groups excluding carboxylic acids is 1. The Bertz CT molecular complexity index is 771. The predicted molar refractivity (Wildman–Crippen MR) is 107 cm³/mol. The van der Waals surface area contributed by atoms with Gasteiger partial charge in [0.25, 0.3) is 0 Å². The van der Waals surface area contributed by atoms with Crippen molar-refractivity contribution in [2.75, 3.05) is 26.7 Å². The van der Waals surface area contributed by atoms with Gasteiger partial charge in [-0.3, -0.25) is 4.79 Å². The lowest BCUT2D eigenvalue weighted by molar-refractivity contribution is -0.948. The monoisotopic (exact) mass is 388 g/mol. The normalized spacial score (nSPS) is 45.8. The van der Waals surface area contributed by atoms with Crippen LogP contribution in [0, 0.1) is 11.3 Å². The first-order valence-corrected chi connectivity index (χ1v) is 10.7. The number of aliphatic hydroxyl groups is 2. The molecule has 3 fully saturated rings. The van der Waals surface area contributed by atoms with Crippen LogP contribution in [0.5, 0.6) is 0 Å². The van der Waals surface area contributed by atoms with Crippen molar-refractivity contribution in [2.24, 2.45) is 11.3 Å². The molecule has 1 spiro atoms. The summed E-state index contributed by atoms with van der Waals surface area (Å²) in [6.07, 6.45) is 6.64. The fourth-order valence-corrected chi connectivity index (χ4v) is 7.07. The molecule has 0 radical (unpaired) electrons. The van der Waals surface area contributed by atoms with Crippen molar-refractivity contribution in [3.8, 4) is 0 Å². The maximum Gasteiger partial charge on any atom is 0.174 e. The molecule has 5 heteroatoms. The van der Waals surface area contributed by atoms with Crippen LogP contribution in [0.25, 0.3) is 0 Å².